The Morgan fingerprint density at radius 1 is 1.47 bits per heavy atom. The van der Waals surface area contributed by atoms with Crippen LogP contribution in [0.2, 0.25) is 0 Å². The number of nitriles is 1. The summed E-state index contributed by atoms with van der Waals surface area (Å²) in [6.07, 6.45) is 3.05. The van der Waals surface area contributed by atoms with Crippen molar-refractivity contribution in [1.29, 1.82) is 5.26 Å². The van der Waals surface area contributed by atoms with Gasteiger partial charge in [-0.2, -0.15) is 5.26 Å². The number of nitrogens with one attached hydrogen (secondary N) is 1. The molecule has 1 aliphatic rings. The van der Waals surface area contributed by atoms with Gasteiger partial charge in [0.05, 0.1) is 17.2 Å². The van der Waals surface area contributed by atoms with E-state index >= 15 is 0 Å². The molecule has 1 heterocycles. The van der Waals surface area contributed by atoms with Crippen LogP contribution in [-0.2, 0) is 4.79 Å². The van der Waals surface area contributed by atoms with Gasteiger partial charge in [0, 0.05) is 12.7 Å². The van der Waals surface area contributed by atoms with Gasteiger partial charge in [0.1, 0.15) is 0 Å². The summed E-state index contributed by atoms with van der Waals surface area (Å²) in [6, 6.07) is 9.23. The number of likely N-dealkylation sites (N-methyl/N-ethyl adjacent to an activating group) is 1. The molecular formula is C15H19N3O. The van der Waals surface area contributed by atoms with E-state index in [0.29, 0.717) is 5.56 Å². The van der Waals surface area contributed by atoms with Gasteiger partial charge in [0.25, 0.3) is 0 Å². The van der Waals surface area contributed by atoms with E-state index in [2.05, 4.69) is 11.4 Å². The van der Waals surface area contributed by atoms with Crippen LogP contribution in [0.25, 0.3) is 0 Å². The molecule has 0 aliphatic carbocycles. The molecule has 1 amide bonds. The van der Waals surface area contributed by atoms with E-state index < -0.39 is 5.54 Å². The van der Waals surface area contributed by atoms with Crippen molar-refractivity contribution in [3.05, 3.63) is 29.8 Å². The maximum Gasteiger partial charge on any atom is 0.246 e. The first-order valence-corrected chi connectivity index (χ1v) is 6.60. The molecule has 4 nitrogen and oxygen atoms in total. The standard InChI is InChI=1S/C15H19N3O/c1-15(8-3-4-9-17-15)14(19)18(2)13-7-5-6-12(10-13)11-16/h5-7,10,17H,3-4,8-9H2,1-2H3. The van der Waals surface area contributed by atoms with Gasteiger partial charge in [0.2, 0.25) is 5.91 Å². The summed E-state index contributed by atoms with van der Waals surface area (Å²) >= 11 is 0. The molecule has 1 saturated heterocycles. The Labute approximate surface area is 114 Å². The van der Waals surface area contributed by atoms with Crippen molar-refractivity contribution in [3.8, 4) is 6.07 Å². The minimum absolute atomic E-state index is 0.0577. The van der Waals surface area contributed by atoms with E-state index in [-0.39, 0.29) is 5.91 Å². The largest absolute Gasteiger partial charge is 0.314 e. The monoisotopic (exact) mass is 257 g/mol. The first-order chi connectivity index (χ1) is 9.07. The molecule has 0 saturated carbocycles. The Kier molecular flexibility index (Phi) is 3.87. The highest BCUT2D eigenvalue weighted by molar-refractivity contribution is 5.99. The number of hydrogen-bond acceptors (Lipinski definition) is 3. The van der Waals surface area contributed by atoms with Gasteiger partial charge < -0.3 is 10.2 Å². The van der Waals surface area contributed by atoms with E-state index in [4.69, 9.17) is 5.26 Å². The summed E-state index contributed by atoms with van der Waals surface area (Å²) in [5, 5.41) is 12.2. The van der Waals surface area contributed by atoms with Crippen molar-refractivity contribution in [2.24, 2.45) is 0 Å². The van der Waals surface area contributed by atoms with E-state index in [1.807, 2.05) is 13.0 Å². The van der Waals surface area contributed by atoms with Gasteiger partial charge in [-0.3, -0.25) is 4.79 Å². The Morgan fingerprint density at radius 2 is 2.26 bits per heavy atom. The molecule has 1 aromatic rings. The minimum atomic E-state index is -0.490. The van der Waals surface area contributed by atoms with Crippen LogP contribution in [-0.4, -0.2) is 25.0 Å². The van der Waals surface area contributed by atoms with Crippen LogP contribution in [0, 0.1) is 11.3 Å². The number of anilines is 1. The van der Waals surface area contributed by atoms with Gasteiger partial charge >= 0.3 is 0 Å². The Balaban J connectivity index is 2.20. The molecule has 1 fully saturated rings. The lowest BCUT2D eigenvalue weighted by atomic mass is 9.89. The summed E-state index contributed by atoms with van der Waals surface area (Å²) in [7, 11) is 1.76. The van der Waals surface area contributed by atoms with Crippen molar-refractivity contribution in [2.45, 2.75) is 31.7 Å². The fraction of sp³-hybridized carbons (Fsp3) is 0.467. The van der Waals surface area contributed by atoms with Crippen molar-refractivity contribution in [1.82, 2.24) is 5.32 Å². The lowest BCUT2D eigenvalue weighted by Gasteiger charge is -2.36. The van der Waals surface area contributed by atoms with Crippen LogP contribution < -0.4 is 10.2 Å². The Hall–Kier alpha value is -1.86. The van der Waals surface area contributed by atoms with Crippen LogP contribution in [0.1, 0.15) is 31.7 Å². The third-order valence-electron chi connectivity index (χ3n) is 3.76. The molecule has 2 rings (SSSR count). The molecule has 19 heavy (non-hydrogen) atoms. The van der Waals surface area contributed by atoms with Crippen molar-refractivity contribution in [3.63, 3.8) is 0 Å². The molecule has 100 valence electrons. The van der Waals surface area contributed by atoms with E-state index in [0.717, 1.165) is 31.5 Å². The highest BCUT2D eigenvalue weighted by Crippen LogP contribution is 2.24. The van der Waals surface area contributed by atoms with Crippen molar-refractivity contribution >= 4 is 11.6 Å². The maximum absolute atomic E-state index is 12.6. The number of nitrogens with zero attached hydrogens (tertiary/aromatic N) is 2. The molecule has 0 radical (unpaired) electrons. The number of benzene rings is 1. The van der Waals surface area contributed by atoms with Gasteiger partial charge in [-0.15, -0.1) is 0 Å². The lowest BCUT2D eigenvalue weighted by Crippen LogP contribution is -2.57. The van der Waals surface area contributed by atoms with Crippen LogP contribution in [0.5, 0.6) is 0 Å². The van der Waals surface area contributed by atoms with Gasteiger partial charge in [0.15, 0.2) is 0 Å². The van der Waals surface area contributed by atoms with Gasteiger partial charge in [-0.1, -0.05) is 6.07 Å². The normalized spacial score (nSPS) is 22.6. The number of hydrogen-bond donors (Lipinski definition) is 1. The average Bonchev–Trinajstić information content (AvgIpc) is 2.46. The van der Waals surface area contributed by atoms with Crippen LogP contribution in [0.15, 0.2) is 24.3 Å². The average molecular weight is 257 g/mol. The lowest BCUT2D eigenvalue weighted by molar-refractivity contribution is -0.124. The first-order valence-electron chi connectivity index (χ1n) is 6.60. The van der Waals surface area contributed by atoms with Crippen LogP contribution in [0.4, 0.5) is 5.69 Å². The second kappa shape index (κ2) is 5.41. The van der Waals surface area contributed by atoms with Gasteiger partial charge in [-0.05, 0) is 50.9 Å². The fourth-order valence-electron chi connectivity index (χ4n) is 2.51. The molecule has 1 N–H and O–H groups in total. The molecule has 1 aliphatic heterocycles. The molecule has 1 unspecified atom stereocenters. The highest BCUT2D eigenvalue weighted by Gasteiger charge is 2.36. The predicted octanol–water partition coefficient (Wildman–Crippen LogP) is 2.05. The van der Waals surface area contributed by atoms with E-state index in [1.54, 1.807) is 30.1 Å². The fourth-order valence-corrected chi connectivity index (χ4v) is 2.51. The smallest absolute Gasteiger partial charge is 0.246 e. The maximum atomic E-state index is 12.6. The SMILES string of the molecule is CN(C(=O)C1(C)CCCCN1)c1cccc(C#N)c1. The first kappa shape index (κ1) is 13.6. The quantitative estimate of drug-likeness (QED) is 0.882. The zero-order valence-electron chi connectivity index (χ0n) is 11.4. The second-order valence-electron chi connectivity index (χ2n) is 5.24. The third kappa shape index (κ3) is 2.77. The minimum Gasteiger partial charge on any atom is -0.314 e. The predicted molar refractivity (Wildman–Crippen MR) is 74.8 cm³/mol. The summed E-state index contributed by atoms with van der Waals surface area (Å²) in [5.41, 5.74) is 0.840. The molecule has 0 spiro atoms. The number of rotatable bonds is 2. The number of amides is 1. The Morgan fingerprint density at radius 3 is 2.89 bits per heavy atom. The summed E-state index contributed by atoms with van der Waals surface area (Å²) < 4.78 is 0. The molecule has 0 bridgehead atoms. The zero-order valence-corrected chi connectivity index (χ0v) is 11.4. The van der Waals surface area contributed by atoms with Crippen LogP contribution >= 0.6 is 0 Å². The van der Waals surface area contributed by atoms with E-state index in [1.165, 1.54) is 0 Å². The number of carbonyl (C=O) groups excluding carboxylic acids is 1. The molecule has 1 aromatic carbocycles. The van der Waals surface area contributed by atoms with Gasteiger partial charge in [-0.25, -0.2) is 0 Å². The number of piperidine rings is 1. The van der Waals surface area contributed by atoms with Crippen molar-refractivity contribution < 1.29 is 4.79 Å². The topological polar surface area (TPSA) is 56.1 Å². The zero-order chi connectivity index (χ0) is 13.9. The molecule has 0 aromatic heterocycles. The number of carbonyl (C=O) groups is 1. The summed E-state index contributed by atoms with van der Waals surface area (Å²) in [4.78, 5) is 14.2. The summed E-state index contributed by atoms with van der Waals surface area (Å²) in [6.45, 7) is 2.84. The van der Waals surface area contributed by atoms with Crippen molar-refractivity contribution in [2.75, 3.05) is 18.5 Å². The molecule has 1 atom stereocenters. The summed E-state index contributed by atoms with van der Waals surface area (Å²) in [5.74, 6) is 0.0577. The second-order valence-corrected chi connectivity index (χ2v) is 5.24. The molecule has 4 heteroatoms. The highest BCUT2D eigenvalue weighted by atomic mass is 16.2. The van der Waals surface area contributed by atoms with E-state index in [9.17, 15) is 4.79 Å². The third-order valence-corrected chi connectivity index (χ3v) is 3.76. The molecular weight excluding hydrogens is 238 g/mol. The van der Waals surface area contributed by atoms with Crippen LogP contribution in [0.3, 0.4) is 0 Å². The Bertz CT molecular complexity index is 512.